The van der Waals surface area contributed by atoms with E-state index in [1.807, 2.05) is 0 Å². The van der Waals surface area contributed by atoms with E-state index in [4.69, 9.17) is 0 Å². The zero-order valence-electron chi connectivity index (χ0n) is 10.5. The van der Waals surface area contributed by atoms with Crippen molar-refractivity contribution in [3.8, 4) is 0 Å². The Labute approximate surface area is 98.9 Å². The van der Waals surface area contributed by atoms with E-state index in [-0.39, 0.29) is 0 Å². The summed E-state index contributed by atoms with van der Waals surface area (Å²) in [6.45, 7) is 9.56. The summed E-state index contributed by atoms with van der Waals surface area (Å²) in [4.78, 5) is 0. The van der Waals surface area contributed by atoms with Gasteiger partial charge in [-0.15, -0.1) is 0 Å². The van der Waals surface area contributed by atoms with E-state index in [0.29, 0.717) is 0 Å². The summed E-state index contributed by atoms with van der Waals surface area (Å²) in [5.74, 6) is 0. The summed E-state index contributed by atoms with van der Waals surface area (Å²) in [5, 5.41) is -1.43. The van der Waals surface area contributed by atoms with Gasteiger partial charge in [0, 0.05) is 0 Å². The molecule has 2 heteroatoms. The van der Waals surface area contributed by atoms with Crippen LogP contribution in [-0.4, -0.2) is 25.7 Å². The van der Waals surface area contributed by atoms with Crippen LogP contribution in [0.4, 0.5) is 0 Å². The molecule has 0 heterocycles. The molecule has 0 aliphatic heterocycles. The summed E-state index contributed by atoms with van der Waals surface area (Å²) in [6.07, 6.45) is 11.2. The normalized spacial score (nSPS) is 15.1. The Balaban J connectivity index is 3.82. The van der Waals surface area contributed by atoms with Gasteiger partial charge < -0.3 is 0 Å². The van der Waals surface area contributed by atoms with Gasteiger partial charge >= 0.3 is 98.8 Å². The van der Waals surface area contributed by atoms with Crippen LogP contribution in [0.2, 0.25) is 0 Å². The van der Waals surface area contributed by atoms with Crippen LogP contribution in [0, 0.1) is 0 Å². The van der Waals surface area contributed by atoms with Crippen LogP contribution in [0.1, 0.15) is 52.4 Å². The first-order valence-electron chi connectivity index (χ1n) is 6.11. The molecule has 14 heavy (non-hydrogen) atoms. The topological polar surface area (TPSA) is 0 Å². The minimum atomic E-state index is -1.43. The predicted octanol–water partition coefficient (Wildman–Crippen LogP) is 5.49. The molecular weight excluding hydrogens is 255 g/mol. The molecular formula is C12H28BrP. The van der Waals surface area contributed by atoms with E-state index in [1.54, 1.807) is 0 Å². The zero-order chi connectivity index (χ0) is 11.1. The van der Waals surface area contributed by atoms with Crippen molar-refractivity contribution >= 4 is 20.8 Å². The standard InChI is InChI=1S/C12H28BrP/c1-5-7-9-11-14(3,4,13)12-10-8-6-2/h5-12H2,1-4H3. The molecule has 0 unspecified atom stereocenters. The molecule has 0 saturated heterocycles. The van der Waals surface area contributed by atoms with Crippen molar-refractivity contribution in [2.75, 3.05) is 25.7 Å². The van der Waals surface area contributed by atoms with E-state index in [9.17, 15) is 0 Å². The van der Waals surface area contributed by atoms with Crippen LogP contribution in [0.3, 0.4) is 0 Å². The van der Waals surface area contributed by atoms with Crippen molar-refractivity contribution in [2.24, 2.45) is 0 Å². The third kappa shape index (κ3) is 8.24. The maximum absolute atomic E-state index is 4.08. The molecule has 0 spiro atoms. The first-order valence-corrected chi connectivity index (χ1v) is 11.6. The number of halogens is 1. The van der Waals surface area contributed by atoms with Crippen LogP contribution < -0.4 is 0 Å². The Bertz CT molecular complexity index is 132. The Morgan fingerprint density at radius 1 is 0.786 bits per heavy atom. The molecule has 88 valence electrons. The first-order chi connectivity index (χ1) is 6.39. The zero-order valence-corrected chi connectivity index (χ0v) is 13.0. The van der Waals surface area contributed by atoms with Gasteiger partial charge in [0.2, 0.25) is 0 Å². The second-order valence-corrected chi connectivity index (χ2v) is 18.6. The second-order valence-electron chi connectivity index (χ2n) is 5.37. The molecule has 0 saturated carbocycles. The molecule has 0 amide bonds. The average Bonchev–Trinajstić information content (AvgIpc) is 2.04. The quantitative estimate of drug-likeness (QED) is 0.408. The number of unbranched alkanes of at least 4 members (excludes halogenated alkanes) is 4. The third-order valence-corrected chi connectivity index (χ3v) is 8.42. The van der Waals surface area contributed by atoms with E-state index < -0.39 is 5.31 Å². The van der Waals surface area contributed by atoms with Gasteiger partial charge in [-0.1, -0.05) is 0 Å². The SMILES string of the molecule is CCCCCP(C)(C)(Br)CCCCC. The molecule has 0 aliphatic rings. The summed E-state index contributed by atoms with van der Waals surface area (Å²) < 4.78 is 0. The van der Waals surface area contributed by atoms with Crippen molar-refractivity contribution in [2.45, 2.75) is 52.4 Å². The van der Waals surface area contributed by atoms with Crippen LogP contribution in [0.15, 0.2) is 0 Å². The van der Waals surface area contributed by atoms with Crippen LogP contribution in [0.25, 0.3) is 0 Å². The Morgan fingerprint density at radius 3 is 1.43 bits per heavy atom. The van der Waals surface area contributed by atoms with Gasteiger partial charge in [-0.25, -0.2) is 0 Å². The number of hydrogen-bond acceptors (Lipinski definition) is 0. The van der Waals surface area contributed by atoms with Gasteiger partial charge in [0.15, 0.2) is 0 Å². The fraction of sp³-hybridized carbons (Fsp3) is 1.00. The fourth-order valence-electron chi connectivity index (χ4n) is 1.81. The summed E-state index contributed by atoms with van der Waals surface area (Å²) >= 11 is 4.08. The maximum atomic E-state index is 4.08. The molecule has 0 radical (unpaired) electrons. The van der Waals surface area contributed by atoms with Crippen LogP contribution in [-0.2, 0) is 0 Å². The van der Waals surface area contributed by atoms with E-state index in [2.05, 4.69) is 42.7 Å². The molecule has 0 nitrogen and oxygen atoms in total. The first kappa shape index (κ1) is 14.9. The van der Waals surface area contributed by atoms with Crippen LogP contribution >= 0.6 is 20.8 Å². The Morgan fingerprint density at radius 2 is 1.14 bits per heavy atom. The van der Waals surface area contributed by atoms with Crippen LogP contribution in [0.5, 0.6) is 0 Å². The van der Waals surface area contributed by atoms with Crippen molar-refractivity contribution < 1.29 is 0 Å². The number of hydrogen-bond donors (Lipinski definition) is 0. The van der Waals surface area contributed by atoms with E-state index in [0.717, 1.165) is 0 Å². The average molecular weight is 283 g/mol. The van der Waals surface area contributed by atoms with Crippen molar-refractivity contribution in [1.82, 2.24) is 0 Å². The molecule has 0 atom stereocenters. The molecule has 0 aromatic carbocycles. The molecule has 0 N–H and O–H groups in total. The van der Waals surface area contributed by atoms with Gasteiger partial charge in [-0.3, -0.25) is 0 Å². The predicted molar refractivity (Wildman–Crippen MR) is 76.5 cm³/mol. The van der Waals surface area contributed by atoms with Gasteiger partial charge in [0.25, 0.3) is 0 Å². The Hall–Kier alpha value is 0.910. The molecule has 0 bridgehead atoms. The van der Waals surface area contributed by atoms with Gasteiger partial charge in [0.05, 0.1) is 0 Å². The fourth-order valence-corrected chi connectivity index (χ4v) is 5.94. The number of rotatable bonds is 8. The van der Waals surface area contributed by atoms with E-state index in [1.165, 1.54) is 50.8 Å². The molecule has 0 fully saturated rings. The molecule has 0 rings (SSSR count). The second kappa shape index (κ2) is 6.48. The van der Waals surface area contributed by atoms with Crippen molar-refractivity contribution in [3.63, 3.8) is 0 Å². The molecule has 0 aliphatic carbocycles. The summed E-state index contributed by atoms with van der Waals surface area (Å²) in [6, 6.07) is 0. The summed E-state index contributed by atoms with van der Waals surface area (Å²) in [7, 11) is 0. The van der Waals surface area contributed by atoms with Crippen molar-refractivity contribution in [3.05, 3.63) is 0 Å². The summed E-state index contributed by atoms with van der Waals surface area (Å²) in [5.41, 5.74) is 0. The van der Waals surface area contributed by atoms with E-state index >= 15 is 0 Å². The third-order valence-electron chi connectivity index (χ3n) is 2.90. The van der Waals surface area contributed by atoms with Gasteiger partial charge in [-0.2, -0.15) is 0 Å². The monoisotopic (exact) mass is 282 g/mol. The van der Waals surface area contributed by atoms with Gasteiger partial charge in [0.1, 0.15) is 0 Å². The molecule has 0 aromatic heterocycles. The van der Waals surface area contributed by atoms with Crippen molar-refractivity contribution in [1.29, 1.82) is 0 Å². The minimum absolute atomic E-state index is 1.34. The Kier molecular flexibility index (Phi) is 6.90. The molecule has 0 aromatic rings. The van der Waals surface area contributed by atoms with Gasteiger partial charge in [-0.05, 0) is 0 Å².